The molecule has 7 heteroatoms. The van der Waals surface area contributed by atoms with Gasteiger partial charge in [-0.1, -0.05) is 35.4 Å². The lowest BCUT2D eigenvalue weighted by Gasteiger charge is -2.33. The zero-order valence-corrected chi connectivity index (χ0v) is 15.6. The smallest absolute Gasteiger partial charge is 0.256 e. The SMILES string of the molecule is Cc1ccc(-n2cnnc2)c(C(=O)N2CCO[C@@H](c3ccc(Cl)cc3)C2)c1. The molecule has 0 spiro atoms. The molecule has 0 aliphatic carbocycles. The summed E-state index contributed by atoms with van der Waals surface area (Å²) in [6, 6.07) is 13.4. The third kappa shape index (κ3) is 3.72. The molecule has 1 aliphatic heterocycles. The van der Waals surface area contributed by atoms with Gasteiger partial charge in [0.15, 0.2) is 0 Å². The summed E-state index contributed by atoms with van der Waals surface area (Å²) in [6.07, 6.45) is 3.03. The van der Waals surface area contributed by atoms with Gasteiger partial charge in [-0.3, -0.25) is 9.36 Å². The zero-order valence-electron chi connectivity index (χ0n) is 14.9. The fourth-order valence-electron chi connectivity index (χ4n) is 3.25. The molecule has 27 heavy (non-hydrogen) atoms. The van der Waals surface area contributed by atoms with Crippen LogP contribution in [0.25, 0.3) is 5.69 Å². The number of morpholine rings is 1. The van der Waals surface area contributed by atoms with Crippen LogP contribution >= 0.6 is 11.6 Å². The van der Waals surface area contributed by atoms with Crippen molar-refractivity contribution in [3.05, 3.63) is 76.8 Å². The number of ether oxygens (including phenoxy) is 1. The summed E-state index contributed by atoms with van der Waals surface area (Å²) in [5.74, 6) is -0.0235. The summed E-state index contributed by atoms with van der Waals surface area (Å²) in [5, 5.41) is 8.38. The van der Waals surface area contributed by atoms with E-state index in [0.29, 0.717) is 30.3 Å². The number of carbonyl (C=O) groups is 1. The highest BCUT2D eigenvalue weighted by molar-refractivity contribution is 6.30. The summed E-state index contributed by atoms with van der Waals surface area (Å²) >= 11 is 5.97. The Balaban J connectivity index is 1.61. The first-order valence-electron chi connectivity index (χ1n) is 8.74. The van der Waals surface area contributed by atoms with Crippen molar-refractivity contribution in [1.29, 1.82) is 0 Å². The lowest BCUT2D eigenvalue weighted by atomic mass is 10.0. The maximum absolute atomic E-state index is 13.3. The van der Waals surface area contributed by atoms with Crippen molar-refractivity contribution in [3.63, 3.8) is 0 Å². The van der Waals surface area contributed by atoms with Crippen LogP contribution in [0.4, 0.5) is 0 Å². The van der Waals surface area contributed by atoms with Crippen LogP contribution in [-0.2, 0) is 4.74 Å². The number of aryl methyl sites for hydroxylation is 1. The summed E-state index contributed by atoms with van der Waals surface area (Å²) in [7, 11) is 0. The number of hydrogen-bond donors (Lipinski definition) is 0. The van der Waals surface area contributed by atoms with Crippen molar-refractivity contribution in [2.45, 2.75) is 13.0 Å². The molecule has 1 atom stereocenters. The van der Waals surface area contributed by atoms with Gasteiger partial charge < -0.3 is 9.64 Å². The maximum Gasteiger partial charge on any atom is 0.256 e. The molecule has 1 amide bonds. The van der Waals surface area contributed by atoms with Crippen molar-refractivity contribution in [2.75, 3.05) is 19.7 Å². The van der Waals surface area contributed by atoms with Crippen LogP contribution in [0.15, 0.2) is 55.1 Å². The van der Waals surface area contributed by atoms with E-state index >= 15 is 0 Å². The molecule has 3 aromatic rings. The molecule has 0 N–H and O–H groups in total. The Kier molecular flexibility index (Phi) is 4.92. The van der Waals surface area contributed by atoms with E-state index in [4.69, 9.17) is 16.3 Å². The van der Waals surface area contributed by atoms with Gasteiger partial charge in [0.1, 0.15) is 18.8 Å². The molecule has 0 unspecified atom stereocenters. The largest absolute Gasteiger partial charge is 0.370 e. The van der Waals surface area contributed by atoms with Crippen LogP contribution in [0.5, 0.6) is 0 Å². The standard InChI is InChI=1S/C20H19ClN4O2/c1-14-2-7-18(25-12-22-23-13-25)17(10-14)20(26)24-8-9-27-19(11-24)15-3-5-16(21)6-4-15/h2-7,10,12-13,19H,8-9,11H2,1H3/t19-/m1/s1. The lowest BCUT2D eigenvalue weighted by molar-refractivity contribution is -0.0228. The minimum Gasteiger partial charge on any atom is -0.370 e. The van der Waals surface area contributed by atoms with Crippen LogP contribution in [0.3, 0.4) is 0 Å². The molecule has 1 fully saturated rings. The number of aromatic nitrogens is 3. The van der Waals surface area contributed by atoms with E-state index in [-0.39, 0.29) is 12.0 Å². The van der Waals surface area contributed by atoms with E-state index in [0.717, 1.165) is 16.8 Å². The highest BCUT2D eigenvalue weighted by Gasteiger charge is 2.27. The number of hydrogen-bond acceptors (Lipinski definition) is 4. The lowest BCUT2D eigenvalue weighted by Crippen LogP contribution is -2.42. The second kappa shape index (κ2) is 7.50. The number of carbonyl (C=O) groups excluding carboxylic acids is 1. The van der Waals surface area contributed by atoms with E-state index in [1.807, 2.05) is 54.3 Å². The van der Waals surface area contributed by atoms with Gasteiger partial charge in [-0.15, -0.1) is 10.2 Å². The maximum atomic E-state index is 13.3. The van der Waals surface area contributed by atoms with E-state index < -0.39 is 0 Å². The van der Waals surface area contributed by atoms with Crippen molar-refractivity contribution in [3.8, 4) is 5.69 Å². The molecular weight excluding hydrogens is 364 g/mol. The van der Waals surface area contributed by atoms with E-state index in [1.54, 1.807) is 17.2 Å². The van der Waals surface area contributed by atoms with Gasteiger partial charge in [-0.25, -0.2) is 0 Å². The van der Waals surface area contributed by atoms with Gasteiger partial charge in [0.2, 0.25) is 0 Å². The number of nitrogens with zero attached hydrogens (tertiary/aromatic N) is 4. The predicted molar refractivity (Wildman–Crippen MR) is 102 cm³/mol. The van der Waals surface area contributed by atoms with Gasteiger partial charge in [0.25, 0.3) is 5.91 Å². The second-order valence-electron chi connectivity index (χ2n) is 6.55. The van der Waals surface area contributed by atoms with Crippen LogP contribution in [0, 0.1) is 6.92 Å². The monoisotopic (exact) mass is 382 g/mol. The molecule has 1 aliphatic rings. The van der Waals surface area contributed by atoms with E-state index in [1.165, 1.54) is 0 Å². The van der Waals surface area contributed by atoms with Crippen molar-refractivity contribution >= 4 is 17.5 Å². The first-order valence-corrected chi connectivity index (χ1v) is 9.11. The molecular formula is C20H19ClN4O2. The van der Waals surface area contributed by atoms with E-state index in [9.17, 15) is 4.79 Å². The minimum absolute atomic E-state index is 0.0235. The third-order valence-electron chi connectivity index (χ3n) is 4.67. The van der Waals surface area contributed by atoms with Gasteiger partial charge in [-0.2, -0.15) is 0 Å². The average Bonchev–Trinajstić information content (AvgIpc) is 3.22. The molecule has 0 radical (unpaired) electrons. The van der Waals surface area contributed by atoms with Crippen molar-refractivity contribution < 1.29 is 9.53 Å². The number of rotatable bonds is 3. The van der Waals surface area contributed by atoms with Gasteiger partial charge >= 0.3 is 0 Å². The highest BCUT2D eigenvalue weighted by atomic mass is 35.5. The molecule has 1 aromatic heterocycles. The number of amides is 1. The predicted octanol–water partition coefficient (Wildman–Crippen LogP) is 3.44. The molecule has 0 bridgehead atoms. The molecule has 1 saturated heterocycles. The fraction of sp³-hybridized carbons (Fsp3) is 0.250. The Morgan fingerprint density at radius 3 is 2.63 bits per heavy atom. The van der Waals surface area contributed by atoms with Crippen molar-refractivity contribution in [2.24, 2.45) is 0 Å². The zero-order chi connectivity index (χ0) is 18.8. The van der Waals surface area contributed by atoms with Gasteiger partial charge in [0.05, 0.1) is 24.4 Å². The number of halogens is 1. The molecule has 2 aromatic carbocycles. The summed E-state index contributed by atoms with van der Waals surface area (Å²) in [6.45, 7) is 3.52. The second-order valence-corrected chi connectivity index (χ2v) is 6.99. The van der Waals surface area contributed by atoms with Crippen LogP contribution in [0.1, 0.15) is 27.6 Å². The Hall–Kier alpha value is -2.70. The van der Waals surface area contributed by atoms with Gasteiger partial charge in [-0.05, 0) is 36.8 Å². The quantitative estimate of drug-likeness (QED) is 0.696. The first kappa shape index (κ1) is 17.7. The molecule has 6 nitrogen and oxygen atoms in total. The van der Waals surface area contributed by atoms with Crippen molar-refractivity contribution in [1.82, 2.24) is 19.7 Å². The summed E-state index contributed by atoms with van der Waals surface area (Å²) in [5.41, 5.74) is 3.44. The highest BCUT2D eigenvalue weighted by Crippen LogP contribution is 2.26. The van der Waals surface area contributed by atoms with Crippen LogP contribution < -0.4 is 0 Å². The van der Waals surface area contributed by atoms with E-state index in [2.05, 4.69) is 10.2 Å². The average molecular weight is 383 g/mol. The third-order valence-corrected chi connectivity index (χ3v) is 4.93. The Morgan fingerprint density at radius 2 is 1.89 bits per heavy atom. The Labute approximate surface area is 162 Å². The van der Waals surface area contributed by atoms with Crippen LogP contribution in [-0.4, -0.2) is 45.3 Å². The topological polar surface area (TPSA) is 60.2 Å². The van der Waals surface area contributed by atoms with Crippen LogP contribution in [0.2, 0.25) is 5.02 Å². The minimum atomic E-state index is -0.164. The van der Waals surface area contributed by atoms with Gasteiger partial charge in [0, 0.05) is 11.6 Å². The normalized spacial score (nSPS) is 17.1. The molecule has 2 heterocycles. The summed E-state index contributed by atoms with van der Waals surface area (Å²) < 4.78 is 7.64. The number of benzene rings is 2. The fourth-order valence-corrected chi connectivity index (χ4v) is 3.38. The molecule has 0 saturated carbocycles. The molecule has 4 rings (SSSR count). The molecule has 138 valence electrons. The summed E-state index contributed by atoms with van der Waals surface area (Å²) in [4.78, 5) is 15.1. The first-order chi connectivity index (χ1) is 13.1. The Morgan fingerprint density at radius 1 is 1.15 bits per heavy atom. The Bertz CT molecular complexity index is 941.